The van der Waals surface area contributed by atoms with Gasteiger partial charge < -0.3 is 14.5 Å². The Morgan fingerprint density at radius 2 is 2.12 bits per heavy atom. The zero-order valence-corrected chi connectivity index (χ0v) is 13.7. The Morgan fingerprint density at radius 1 is 1.25 bits per heavy atom. The maximum atomic E-state index is 5.95. The van der Waals surface area contributed by atoms with Crippen LogP contribution in [0.2, 0.25) is 0 Å². The number of rotatable bonds is 4. The number of fused-ring (bicyclic) bond motifs is 1. The lowest BCUT2D eigenvalue weighted by molar-refractivity contribution is -0.0367. The van der Waals surface area contributed by atoms with E-state index in [1.807, 2.05) is 24.3 Å². The van der Waals surface area contributed by atoms with Crippen molar-refractivity contribution >= 4 is 11.0 Å². The van der Waals surface area contributed by atoms with Crippen LogP contribution < -0.4 is 4.74 Å². The second-order valence-electron chi connectivity index (χ2n) is 6.09. The molecule has 5 nitrogen and oxygen atoms in total. The fourth-order valence-electron chi connectivity index (χ4n) is 3.14. The first-order chi connectivity index (χ1) is 11.8. The van der Waals surface area contributed by atoms with Gasteiger partial charge in [0.1, 0.15) is 17.7 Å². The van der Waals surface area contributed by atoms with Gasteiger partial charge in [0.05, 0.1) is 24.8 Å². The smallest absolute Gasteiger partial charge is 0.137 e. The quantitative estimate of drug-likeness (QED) is 0.801. The minimum Gasteiger partial charge on any atom is -0.497 e. The van der Waals surface area contributed by atoms with E-state index in [0.29, 0.717) is 0 Å². The Hall–Kier alpha value is -2.37. The zero-order chi connectivity index (χ0) is 16.4. The molecule has 5 heteroatoms. The van der Waals surface area contributed by atoms with Crippen LogP contribution in [0.15, 0.2) is 48.5 Å². The molecule has 1 atom stereocenters. The molecule has 2 heterocycles. The van der Waals surface area contributed by atoms with Gasteiger partial charge in [-0.05, 0) is 17.7 Å². The SMILES string of the molecule is COc1ccc2[nH]c(C3CN(Cc4ccccc4)CCO3)nc2c1. The number of hydrogen-bond donors (Lipinski definition) is 1. The van der Waals surface area contributed by atoms with Crippen molar-refractivity contribution in [2.75, 3.05) is 26.8 Å². The first kappa shape index (κ1) is 15.2. The highest BCUT2D eigenvalue weighted by Gasteiger charge is 2.24. The molecule has 4 rings (SSSR count). The molecule has 0 saturated carbocycles. The van der Waals surface area contributed by atoms with Gasteiger partial charge in [0.15, 0.2) is 0 Å². The summed E-state index contributed by atoms with van der Waals surface area (Å²) in [5, 5.41) is 0. The number of morpholine rings is 1. The number of nitrogens with zero attached hydrogens (tertiary/aromatic N) is 2. The molecule has 1 unspecified atom stereocenters. The molecule has 0 bridgehead atoms. The standard InChI is InChI=1S/C19H21N3O2/c1-23-15-7-8-16-17(11-15)21-19(20-16)18-13-22(9-10-24-18)12-14-5-3-2-4-6-14/h2-8,11,18H,9-10,12-13H2,1H3,(H,20,21). The van der Waals surface area contributed by atoms with Crippen LogP contribution in [-0.4, -0.2) is 41.7 Å². The van der Waals surface area contributed by atoms with Crippen molar-refractivity contribution in [3.63, 3.8) is 0 Å². The normalized spacial score (nSPS) is 18.8. The molecule has 24 heavy (non-hydrogen) atoms. The summed E-state index contributed by atoms with van der Waals surface area (Å²) in [5.74, 6) is 1.70. The van der Waals surface area contributed by atoms with Gasteiger partial charge in [-0.15, -0.1) is 0 Å². The highest BCUT2D eigenvalue weighted by Crippen LogP contribution is 2.25. The van der Waals surface area contributed by atoms with E-state index < -0.39 is 0 Å². The summed E-state index contributed by atoms with van der Waals surface area (Å²) in [6.07, 6.45) is -0.0270. The van der Waals surface area contributed by atoms with Crippen LogP contribution in [0.5, 0.6) is 5.75 Å². The molecule has 2 aromatic carbocycles. The summed E-state index contributed by atoms with van der Waals surface area (Å²) in [7, 11) is 1.67. The topological polar surface area (TPSA) is 50.4 Å². The van der Waals surface area contributed by atoms with E-state index in [-0.39, 0.29) is 6.10 Å². The Kier molecular flexibility index (Phi) is 4.19. The maximum absolute atomic E-state index is 5.95. The van der Waals surface area contributed by atoms with Crippen molar-refractivity contribution in [1.29, 1.82) is 0 Å². The summed E-state index contributed by atoms with van der Waals surface area (Å²) in [5.41, 5.74) is 3.25. The number of imidazole rings is 1. The highest BCUT2D eigenvalue weighted by molar-refractivity contribution is 5.76. The third kappa shape index (κ3) is 3.13. The van der Waals surface area contributed by atoms with E-state index >= 15 is 0 Å². The first-order valence-electron chi connectivity index (χ1n) is 8.23. The summed E-state index contributed by atoms with van der Waals surface area (Å²) in [4.78, 5) is 10.5. The number of hydrogen-bond acceptors (Lipinski definition) is 4. The Morgan fingerprint density at radius 3 is 2.96 bits per heavy atom. The fraction of sp³-hybridized carbons (Fsp3) is 0.316. The molecule has 0 radical (unpaired) electrons. The molecule has 1 aromatic heterocycles. The lowest BCUT2D eigenvalue weighted by Gasteiger charge is -2.32. The average Bonchev–Trinajstić information content (AvgIpc) is 3.06. The summed E-state index contributed by atoms with van der Waals surface area (Å²) in [6, 6.07) is 16.4. The molecule has 0 spiro atoms. The van der Waals surface area contributed by atoms with Crippen molar-refractivity contribution in [3.8, 4) is 5.75 Å². The maximum Gasteiger partial charge on any atom is 0.137 e. The minimum absolute atomic E-state index is 0.0270. The van der Waals surface area contributed by atoms with Crippen LogP contribution in [0.25, 0.3) is 11.0 Å². The summed E-state index contributed by atoms with van der Waals surface area (Å²) in [6.45, 7) is 3.44. The Balaban J connectivity index is 1.51. The van der Waals surface area contributed by atoms with Crippen LogP contribution in [0.3, 0.4) is 0 Å². The van der Waals surface area contributed by atoms with Gasteiger partial charge in [-0.1, -0.05) is 30.3 Å². The van der Waals surface area contributed by atoms with Crippen LogP contribution >= 0.6 is 0 Å². The van der Waals surface area contributed by atoms with E-state index in [4.69, 9.17) is 14.5 Å². The molecule has 1 N–H and O–H groups in total. The molecule has 1 aliphatic heterocycles. The van der Waals surface area contributed by atoms with Gasteiger partial charge in [-0.3, -0.25) is 4.90 Å². The highest BCUT2D eigenvalue weighted by atomic mass is 16.5. The average molecular weight is 323 g/mol. The summed E-state index contributed by atoms with van der Waals surface area (Å²) < 4.78 is 11.2. The van der Waals surface area contributed by atoms with Gasteiger partial charge in [-0.25, -0.2) is 4.98 Å². The number of aromatic amines is 1. The number of ether oxygens (including phenoxy) is 2. The summed E-state index contributed by atoms with van der Waals surface area (Å²) >= 11 is 0. The van der Waals surface area contributed by atoms with Gasteiger partial charge in [0.25, 0.3) is 0 Å². The third-order valence-corrected chi connectivity index (χ3v) is 4.41. The molecular formula is C19H21N3O2. The molecule has 1 fully saturated rings. The Bertz CT molecular complexity index is 816. The minimum atomic E-state index is -0.0270. The van der Waals surface area contributed by atoms with Gasteiger partial charge in [0.2, 0.25) is 0 Å². The van der Waals surface area contributed by atoms with Crippen molar-refractivity contribution in [2.45, 2.75) is 12.6 Å². The Labute approximate surface area is 141 Å². The van der Waals surface area contributed by atoms with E-state index in [1.165, 1.54) is 5.56 Å². The first-order valence-corrected chi connectivity index (χ1v) is 8.23. The van der Waals surface area contributed by atoms with E-state index in [2.05, 4.69) is 34.1 Å². The molecule has 1 saturated heterocycles. The number of benzene rings is 2. The van der Waals surface area contributed by atoms with Gasteiger partial charge in [0, 0.05) is 25.7 Å². The van der Waals surface area contributed by atoms with E-state index in [1.54, 1.807) is 7.11 Å². The monoisotopic (exact) mass is 323 g/mol. The van der Waals surface area contributed by atoms with Crippen LogP contribution in [0.1, 0.15) is 17.5 Å². The van der Waals surface area contributed by atoms with Crippen molar-refractivity contribution < 1.29 is 9.47 Å². The number of aromatic nitrogens is 2. The molecule has 124 valence electrons. The second-order valence-corrected chi connectivity index (χ2v) is 6.09. The number of methoxy groups -OCH3 is 1. The second kappa shape index (κ2) is 6.63. The predicted molar refractivity (Wildman–Crippen MR) is 93.1 cm³/mol. The van der Waals surface area contributed by atoms with Crippen LogP contribution in [0.4, 0.5) is 0 Å². The molecule has 0 aliphatic carbocycles. The third-order valence-electron chi connectivity index (χ3n) is 4.41. The lowest BCUT2D eigenvalue weighted by Crippen LogP contribution is -2.38. The zero-order valence-electron chi connectivity index (χ0n) is 13.7. The van der Waals surface area contributed by atoms with Crippen molar-refractivity contribution in [3.05, 3.63) is 59.9 Å². The molecule has 3 aromatic rings. The number of H-pyrrole nitrogens is 1. The molecule has 1 aliphatic rings. The largest absolute Gasteiger partial charge is 0.497 e. The van der Waals surface area contributed by atoms with E-state index in [9.17, 15) is 0 Å². The van der Waals surface area contributed by atoms with Crippen molar-refractivity contribution in [2.24, 2.45) is 0 Å². The van der Waals surface area contributed by atoms with Gasteiger partial charge in [-0.2, -0.15) is 0 Å². The van der Waals surface area contributed by atoms with E-state index in [0.717, 1.165) is 48.8 Å². The molecule has 0 amide bonds. The van der Waals surface area contributed by atoms with Gasteiger partial charge >= 0.3 is 0 Å². The van der Waals surface area contributed by atoms with Crippen LogP contribution in [0, 0.1) is 0 Å². The number of nitrogens with one attached hydrogen (secondary N) is 1. The molecular weight excluding hydrogens is 302 g/mol. The van der Waals surface area contributed by atoms with Crippen molar-refractivity contribution in [1.82, 2.24) is 14.9 Å². The lowest BCUT2D eigenvalue weighted by atomic mass is 10.2. The van der Waals surface area contributed by atoms with Crippen LogP contribution in [-0.2, 0) is 11.3 Å². The fourth-order valence-corrected chi connectivity index (χ4v) is 3.14. The predicted octanol–water partition coefficient (Wildman–Crippen LogP) is 3.15.